The van der Waals surface area contributed by atoms with Crippen molar-refractivity contribution in [3.05, 3.63) is 12.3 Å². The Kier molecular flexibility index (Phi) is 4.95. The van der Waals surface area contributed by atoms with Gasteiger partial charge < -0.3 is 5.01 Å². The van der Waals surface area contributed by atoms with Gasteiger partial charge in [0.15, 0.2) is 0 Å². The first-order chi connectivity index (χ1) is 5.07. The van der Waals surface area contributed by atoms with Gasteiger partial charge in [-0.2, -0.15) is 0 Å². The molecule has 0 bridgehead atoms. The van der Waals surface area contributed by atoms with Crippen molar-refractivity contribution in [3.63, 3.8) is 0 Å². The van der Waals surface area contributed by atoms with Crippen LogP contribution in [-0.2, 0) is 0 Å². The Bertz CT molecular complexity index is 121. The summed E-state index contributed by atoms with van der Waals surface area (Å²) in [5, 5.41) is 1.72. The van der Waals surface area contributed by atoms with Crippen LogP contribution in [0.4, 0.5) is 0 Å². The average molecular weight is 156 g/mol. The van der Waals surface area contributed by atoms with Crippen LogP contribution < -0.4 is 5.84 Å². The van der Waals surface area contributed by atoms with Crippen molar-refractivity contribution in [1.29, 1.82) is 0 Å². The standard InChI is InChI=1S/C9H20N2/c1-5-6-9(4)7-11(10)8(2)3/h9H,2,5-7,10H2,1,3-4H3. The lowest BCUT2D eigenvalue weighted by atomic mass is 10.1. The molecule has 2 nitrogen and oxygen atoms in total. The monoisotopic (exact) mass is 156 g/mol. The number of nitrogens with zero attached hydrogens (tertiary/aromatic N) is 1. The molecule has 0 saturated carbocycles. The molecule has 0 aromatic rings. The van der Waals surface area contributed by atoms with E-state index < -0.39 is 0 Å². The van der Waals surface area contributed by atoms with E-state index in [1.807, 2.05) is 6.92 Å². The minimum absolute atomic E-state index is 0.668. The highest BCUT2D eigenvalue weighted by atomic mass is 15.4. The van der Waals surface area contributed by atoms with Crippen LogP contribution >= 0.6 is 0 Å². The molecule has 11 heavy (non-hydrogen) atoms. The lowest BCUT2D eigenvalue weighted by molar-refractivity contribution is 0.295. The molecular formula is C9H20N2. The van der Waals surface area contributed by atoms with Gasteiger partial charge in [0.05, 0.1) is 0 Å². The summed E-state index contributed by atoms with van der Waals surface area (Å²) in [6.45, 7) is 11.0. The number of hydrazine groups is 1. The fourth-order valence-corrected chi connectivity index (χ4v) is 1.08. The molecule has 0 saturated heterocycles. The van der Waals surface area contributed by atoms with Crippen molar-refractivity contribution in [3.8, 4) is 0 Å². The van der Waals surface area contributed by atoms with E-state index in [0.29, 0.717) is 5.92 Å². The van der Waals surface area contributed by atoms with Gasteiger partial charge in [-0.15, -0.1) is 0 Å². The number of allylic oxidation sites excluding steroid dienone is 1. The number of nitrogens with two attached hydrogens (primary N) is 1. The van der Waals surface area contributed by atoms with E-state index in [1.54, 1.807) is 5.01 Å². The highest BCUT2D eigenvalue weighted by Crippen LogP contribution is 2.07. The van der Waals surface area contributed by atoms with Crippen LogP contribution in [0.5, 0.6) is 0 Å². The van der Waals surface area contributed by atoms with E-state index in [9.17, 15) is 0 Å². The van der Waals surface area contributed by atoms with E-state index in [1.165, 1.54) is 12.8 Å². The van der Waals surface area contributed by atoms with Crippen molar-refractivity contribution in [1.82, 2.24) is 5.01 Å². The highest BCUT2D eigenvalue weighted by molar-refractivity contribution is 4.85. The average Bonchev–Trinajstić information content (AvgIpc) is 1.87. The van der Waals surface area contributed by atoms with E-state index in [2.05, 4.69) is 20.4 Å². The van der Waals surface area contributed by atoms with Gasteiger partial charge in [-0.1, -0.05) is 26.8 Å². The fraction of sp³-hybridized carbons (Fsp3) is 0.778. The van der Waals surface area contributed by atoms with Gasteiger partial charge >= 0.3 is 0 Å². The Labute approximate surface area is 70.0 Å². The van der Waals surface area contributed by atoms with Crippen molar-refractivity contribution < 1.29 is 0 Å². The lowest BCUT2D eigenvalue weighted by Gasteiger charge is -2.22. The topological polar surface area (TPSA) is 29.3 Å². The molecule has 0 heterocycles. The first-order valence-electron chi connectivity index (χ1n) is 4.25. The van der Waals surface area contributed by atoms with Crippen LogP contribution in [0, 0.1) is 5.92 Å². The Morgan fingerprint density at radius 3 is 2.55 bits per heavy atom. The normalized spacial score (nSPS) is 12.7. The van der Waals surface area contributed by atoms with Crippen molar-refractivity contribution in [2.45, 2.75) is 33.6 Å². The van der Waals surface area contributed by atoms with Gasteiger partial charge in [-0.05, 0) is 19.3 Å². The molecule has 0 amide bonds. The van der Waals surface area contributed by atoms with Crippen LogP contribution in [-0.4, -0.2) is 11.6 Å². The van der Waals surface area contributed by atoms with Crippen LogP contribution in [0.15, 0.2) is 12.3 Å². The summed E-state index contributed by atoms with van der Waals surface area (Å²) in [5.74, 6) is 6.35. The van der Waals surface area contributed by atoms with Gasteiger partial charge in [0.1, 0.15) is 0 Å². The smallest absolute Gasteiger partial charge is 0.0363 e. The minimum atomic E-state index is 0.668. The summed E-state index contributed by atoms with van der Waals surface area (Å²) in [4.78, 5) is 0. The number of hydrogen-bond acceptors (Lipinski definition) is 2. The first-order valence-corrected chi connectivity index (χ1v) is 4.25. The van der Waals surface area contributed by atoms with Crippen LogP contribution in [0.2, 0.25) is 0 Å². The number of rotatable bonds is 5. The van der Waals surface area contributed by atoms with E-state index in [4.69, 9.17) is 5.84 Å². The lowest BCUT2D eigenvalue weighted by Crippen LogP contribution is -2.32. The van der Waals surface area contributed by atoms with E-state index in [-0.39, 0.29) is 0 Å². The molecule has 0 radical (unpaired) electrons. The molecule has 0 aliphatic rings. The summed E-state index contributed by atoms with van der Waals surface area (Å²) >= 11 is 0. The molecule has 0 fully saturated rings. The van der Waals surface area contributed by atoms with Gasteiger partial charge in [0, 0.05) is 12.2 Å². The van der Waals surface area contributed by atoms with Gasteiger partial charge in [-0.3, -0.25) is 0 Å². The second kappa shape index (κ2) is 5.19. The highest BCUT2D eigenvalue weighted by Gasteiger charge is 2.04. The van der Waals surface area contributed by atoms with Gasteiger partial charge in [0.25, 0.3) is 0 Å². The van der Waals surface area contributed by atoms with Crippen LogP contribution in [0.25, 0.3) is 0 Å². The SMILES string of the molecule is C=C(C)N(N)CC(C)CCC. The maximum absolute atomic E-state index is 5.68. The van der Waals surface area contributed by atoms with Crippen LogP contribution in [0.1, 0.15) is 33.6 Å². The molecular weight excluding hydrogens is 136 g/mol. The van der Waals surface area contributed by atoms with Gasteiger partial charge in [0.2, 0.25) is 0 Å². The van der Waals surface area contributed by atoms with Crippen molar-refractivity contribution in [2.75, 3.05) is 6.54 Å². The molecule has 66 valence electrons. The van der Waals surface area contributed by atoms with Crippen molar-refractivity contribution in [2.24, 2.45) is 11.8 Å². The summed E-state index contributed by atoms with van der Waals surface area (Å²) in [6, 6.07) is 0. The predicted molar refractivity (Wildman–Crippen MR) is 49.8 cm³/mol. The third kappa shape index (κ3) is 4.85. The molecule has 2 heteroatoms. The zero-order chi connectivity index (χ0) is 8.85. The molecule has 1 atom stereocenters. The molecule has 0 aromatic carbocycles. The summed E-state index contributed by atoms with van der Waals surface area (Å²) in [7, 11) is 0. The van der Waals surface area contributed by atoms with E-state index in [0.717, 1.165) is 12.2 Å². The second-order valence-electron chi connectivity index (χ2n) is 3.28. The predicted octanol–water partition coefficient (Wildman–Crippen LogP) is 2.13. The molecule has 0 aliphatic heterocycles. The Morgan fingerprint density at radius 1 is 1.64 bits per heavy atom. The van der Waals surface area contributed by atoms with Crippen LogP contribution in [0.3, 0.4) is 0 Å². The zero-order valence-electron chi connectivity index (χ0n) is 7.93. The molecule has 0 rings (SSSR count). The molecule has 0 aliphatic carbocycles. The molecule has 2 N–H and O–H groups in total. The fourth-order valence-electron chi connectivity index (χ4n) is 1.08. The third-order valence-electron chi connectivity index (χ3n) is 1.78. The molecule has 1 unspecified atom stereocenters. The Morgan fingerprint density at radius 2 is 2.18 bits per heavy atom. The van der Waals surface area contributed by atoms with Gasteiger partial charge in [-0.25, -0.2) is 5.84 Å². The van der Waals surface area contributed by atoms with E-state index >= 15 is 0 Å². The third-order valence-corrected chi connectivity index (χ3v) is 1.78. The zero-order valence-corrected chi connectivity index (χ0v) is 7.93. The Hall–Kier alpha value is -0.500. The minimum Gasteiger partial charge on any atom is -0.316 e. The largest absolute Gasteiger partial charge is 0.316 e. The second-order valence-corrected chi connectivity index (χ2v) is 3.28. The quantitative estimate of drug-likeness (QED) is 0.488. The Balaban J connectivity index is 3.56. The maximum Gasteiger partial charge on any atom is 0.0363 e. The number of hydrogen-bond donors (Lipinski definition) is 1. The van der Waals surface area contributed by atoms with Crippen molar-refractivity contribution >= 4 is 0 Å². The summed E-state index contributed by atoms with van der Waals surface area (Å²) in [5.41, 5.74) is 0.938. The first kappa shape index (κ1) is 10.5. The molecule has 0 spiro atoms. The molecule has 0 aromatic heterocycles. The summed E-state index contributed by atoms with van der Waals surface area (Å²) in [6.07, 6.45) is 2.46. The summed E-state index contributed by atoms with van der Waals surface area (Å²) < 4.78 is 0. The maximum atomic E-state index is 5.68.